The molecule has 2 saturated heterocycles. The number of nitrogens with zero attached hydrogens (tertiary/aromatic N) is 7. The van der Waals surface area contributed by atoms with Gasteiger partial charge >= 0.3 is 5.97 Å². The molecule has 0 radical (unpaired) electrons. The van der Waals surface area contributed by atoms with Crippen LogP contribution < -0.4 is 20.4 Å². The van der Waals surface area contributed by atoms with E-state index in [2.05, 4.69) is 86.6 Å². The molecule has 11 rings (SSSR count). The van der Waals surface area contributed by atoms with E-state index >= 15 is 0 Å². The number of ether oxygens (including phenoxy) is 1. The zero-order chi connectivity index (χ0) is 52.8. The SMILES string of the molecule is Cc1c(-c2ccc(N3CCc4cccc(C(=O)Nc5nc6ccccc6s5)c4C3)nc2C(=O)OC(C)(C)C)cccc1C1CCC(CC[C@H](C)N2CCN(c3cccc4c(C5CCC(=O)NC5=O)nn(C)c34)CC2)CC1. The molecule has 0 bridgehead atoms. The number of imide groups is 1. The predicted molar refractivity (Wildman–Crippen MR) is 301 cm³/mol. The number of piperidine rings is 1. The lowest BCUT2D eigenvalue weighted by Gasteiger charge is -2.40. The molecule has 4 aliphatic rings. The van der Waals surface area contributed by atoms with Gasteiger partial charge in [0.05, 0.1) is 33.0 Å². The smallest absolute Gasteiger partial charge is 0.358 e. The van der Waals surface area contributed by atoms with Crippen LogP contribution in [0.15, 0.2) is 91.0 Å². The number of para-hydroxylation sites is 2. The Morgan fingerprint density at radius 1 is 0.829 bits per heavy atom. The van der Waals surface area contributed by atoms with Crippen LogP contribution in [0.5, 0.6) is 0 Å². The summed E-state index contributed by atoms with van der Waals surface area (Å²) in [5, 5.41) is 11.9. The molecule has 3 aromatic heterocycles. The van der Waals surface area contributed by atoms with Crippen molar-refractivity contribution in [2.24, 2.45) is 13.0 Å². The number of hydrogen-bond acceptors (Lipinski definition) is 12. The summed E-state index contributed by atoms with van der Waals surface area (Å²) in [6, 6.07) is 31.1. The van der Waals surface area contributed by atoms with Crippen molar-refractivity contribution in [3.05, 3.63) is 130 Å². The number of anilines is 3. The molecule has 4 aromatic carbocycles. The summed E-state index contributed by atoms with van der Waals surface area (Å²) in [4.78, 5) is 69.8. The number of hydrogen-bond donors (Lipinski definition) is 2. The fraction of sp³-hybridized carbons (Fsp3) is 0.426. The van der Waals surface area contributed by atoms with Gasteiger partial charge < -0.3 is 14.5 Å². The number of carbonyl (C=O) groups excluding carboxylic acids is 4. The van der Waals surface area contributed by atoms with Gasteiger partial charge in [-0.1, -0.05) is 65.9 Å². The molecule has 15 heteroatoms. The highest BCUT2D eigenvalue weighted by molar-refractivity contribution is 7.22. The van der Waals surface area contributed by atoms with Gasteiger partial charge in [0, 0.05) is 75.3 Å². The Labute approximate surface area is 449 Å². The average Bonchev–Trinajstić information content (AvgIpc) is 4.02. The molecular weight excluding hydrogens is 971 g/mol. The molecule has 76 heavy (non-hydrogen) atoms. The molecule has 394 valence electrons. The maximum atomic E-state index is 14.2. The van der Waals surface area contributed by atoms with Gasteiger partial charge in [0.15, 0.2) is 10.8 Å². The van der Waals surface area contributed by atoms with E-state index in [-0.39, 0.29) is 17.7 Å². The number of pyridine rings is 1. The van der Waals surface area contributed by atoms with E-state index in [1.807, 2.05) is 81.0 Å². The van der Waals surface area contributed by atoms with Gasteiger partial charge in [-0.25, -0.2) is 14.8 Å². The van der Waals surface area contributed by atoms with E-state index in [0.717, 1.165) is 100 Å². The highest BCUT2D eigenvalue weighted by atomic mass is 32.1. The molecule has 0 spiro atoms. The third-order valence-corrected chi connectivity index (χ3v) is 17.4. The van der Waals surface area contributed by atoms with Crippen LogP contribution in [0, 0.1) is 12.8 Å². The summed E-state index contributed by atoms with van der Waals surface area (Å²) in [6.45, 7) is 15.2. The van der Waals surface area contributed by atoms with Crippen LogP contribution in [0.3, 0.4) is 0 Å². The number of piperazine rings is 1. The molecule has 3 amide bonds. The predicted octanol–water partition coefficient (Wildman–Crippen LogP) is 11.1. The zero-order valence-corrected chi connectivity index (χ0v) is 45.5. The Hall–Kier alpha value is -6.97. The van der Waals surface area contributed by atoms with Crippen LogP contribution in [-0.4, -0.2) is 92.7 Å². The Balaban J connectivity index is 0.727. The van der Waals surface area contributed by atoms with Crippen molar-refractivity contribution in [1.82, 2.24) is 30.0 Å². The maximum Gasteiger partial charge on any atom is 0.358 e. The standard InChI is InChI=1S/C61H69N9O5S/c1-37(68-32-34-69(35-33-68)50-18-11-16-46-54(66-67(6)56(46)50)47-27-29-53(71)64-58(47)73)20-21-39-22-24-41(25-23-39)42-13-10-14-43(38(42)2)44-26-28-52(63-55(44)59(74)75-61(3,4)5)70-31-30-40-12-9-15-45(48(40)36-70)57(72)65-60-62-49-17-7-8-19-51(49)76-60/h7-19,26,28,37,39,41,47H,20-25,27,29-36H2,1-6H3,(H,62,65,72)(H,64,71,73)/t37-,39?,41?,47?/m0/s1. The van der Waals surface area contributed by atoms with Gasteiger partial charge in [-0.15, -0.1) is 0 Å². The van der Waals surface area contributed by atoms with Crippen LogP contribution in [0.4, 0.5) is 16.6 Å². The second kappa shape index (κ2) is 21.2. The average molecular weight is 1040 g/mol. The van der Waals surface area contributed by atoms with Crippen molar-refractivity contribution < 1.29 is 23.9 Å². The van der Waals surface area contributed by atoms with Crippen LogP contribution in [0.1, 0.15) is 140 Å². The highest BCUT2D eigenvalue weighted by Gasteiger charge is 2.34. The van der Waals surface area contributed by atoms with Gasteiger partial charge in [-0.05, 0) is 162 Å². The Bertz CT molecular complexity index is 3330. The normalized spacial score (nSPS) is 19.9. The number of esters is 1. The number of nitrogens with one attached hydrogen (secondary N) is 2. The third kappa shape index (κ3) is 10.5. The molecule has 1 unspecified atom stereocenters. The molecule has 7 aromatic rings. The third-order valence-electron chi connectivity index (χ3n) is 16.5. The number of rotatable bonds is 12. The minimum atomic E-state index is -0.714. The van der Waals surface area contributed by atoms with Crippen LogP contribution in [0.2, 0.25) is 0 Å². The van der Waals surface area contributed by atoms with E-state index in [1.165, 1.54) is 48.1 Å². The molecular formula is C61H69N9O5S. The van der Waals surface area contributed by atoms with Gasteiger partial charge in [-0.2, -0.15) is 5.10 Å². The van der Waals surface area contributed by atoms with E-state index in [0.29, 0.717) is 66.0 Å². The van der Waals surface area contributed by atoms with E-state index in [9.17, 15) is 19.2 Å². The largest absolute Gasteiger partial charge is 0.455 e. The summed E-state index contributed by atoms with van der Waals surface area (Å²) in [5.41, 5.74) is 10.4. The first kappa shape index (κ1) is 51.2. The quantitative estimate of drug-likeness (QED) is 0.0887. The number of fused-ring (bicyclic) bond motifs is 3. The maximum absolute atomic E-state index is 14.2. The second-order valence-electron chi connectivity index (χ2n) is 22.5. The monoisotopic (exact) mass is 1040 g/mol. The van der Waals surface area contributed by atoms with E-state index < -0.39 is 17.5 Å². The van der Waals surface area contributed by atoms with Crippen LogP contribution in [0.25, 0.3) is 32.2 Å². The fourth-order valence-electron chi connectivity index (χ4n) is 12.4. The fourth-order valence-corrected chi connectivity index (χ4v) is 13.3. The summed E-state index contributed by atoms with van der Waals surface area (Å²) < 4.78 is 8.98. The lowest BCUT2D eigenvalue weighted by atomic mass is 9.75. The molecule has 14 nitrogen and oxygen atoms in total. The van der Waals surface area contributed by atoms with E-state index in [4.69, 9.17) is 14.8 Å². The molecule has 2 atom stereocenters. The Kier molecular flexibility index (Phi) is 14.3. The summed E-state index contributed by atoms with van der Waals surface area (Å²) >= 11 is 1.46. The van der Waals surface area contributed by atoms with Crippen molar-refractivity contribution in [2.45, 2.75) is 122 Å². The van der Waals surface area contributed by atoms with Crippen LogP contribution in [-0.2, 0) is 34.3 Å². The summed E-state index contributed by atoms with van der Waals surface area (Å²) in [6.07, 6.45) is 8.63. The molecule has 1 aliphatic carbocycles. The van der Waals surface area contributed by atoms with Crippen molar-refractivity contribution in [2.75, 3.05) is 47.8 Å². The van der Waals surface area contributed by atoms with Crippen molar-refractivity contribution in [3.63, 3.8) is 0 Å². The Morgan fingerprint density at radius 3 is 2.38 bits per heavy atom. The van der Waals surface area contributed by atoms with Crippen LogP contribution >= 0.6 is 11.3 Å². The van der Waals surface area contributed by atoms with Gasteiger partial charge in [0.25, 0.3) is 5.91 Å². The summed E-state index contributed by atoms with van der Waals surface area (Å²) in [7, 11) is 1.95. The molecule has 6 heterocycles. The first-order chi connectivity index (χ1) is 36.7. The number of amides is 3. The number of aromatic nitrogens is 4. The lowest BCUT2D eigenvalue weighted by molar-refractivity contribution is -0.134. The first-order valence-corrected chi connectivity index (χ1v) is 28.1. The lowest BCUT2D eigenvalue weighted by Crippen LogP contribution is -2.49. The van der Waals surface area contributed by atoms with Gasteiger partial charge in [0.1, 0.15) is 11.4 Å². The highest BCUT2D eigenvalue weighted by Crippen LogP contribution is 2.42. The Morgan fingerprint density at radius 2 is 1.61 bits per heavy atom. The number of carbonyl (C=O) groups is 4. The van der Waals surface area contributed by atoms with Crippen molar-refractivity contribution in [1.29, 1.82) is 0 Å². The topological polar surface area (TPSA) is 155 Å². The first-order valence-electron chi connectivity index (χ1n) is 27.3. The number of thiazole rings is 1. The molecule has 1 saturated carbocycles. The molecule has 3 aliphatic heterocycles. The molecule has 3 fully saturated rings. The zero-order valence-electron chi connectivity index (χ0n) is 44.7. The summed E-state index contributed by atoms with van der Waals surface area (Å²) in [5.74, 6) is 0.273. The van der Waals surface area contributed by atoms with Gasteiger partial charge in [0.2, 0.25) is 11.8 Å². The van der Waals surface area contributed by atoms with E-state index in [1.54, 1.807) is 0 Å². The molecule has 2 N–H and O–H groups in total. The minimum Gasteiger partial charge on any atom is -0.455 e. The second-order valence-corrected chi connectivity index (χ2v) is 23.5. The number of aryl methyl sites for hydroxylation is 1. The van der Waals surface area contributed by atoms with Gasteiger partial charge in [-0.3, -0.25) is 34.6 Å². The number of benzene rings is 4. The van der Waals surface area contributed by atoms with Crippen molar-refractivity contribution in [3.8, 4) is 11.1 Å². The minimum absolute atomic E-state index is 0.195. The van der Waals surface area contributed by atoms with Crippen molar-refractivity contribution >= 4 is 72.8 Å².